The molecule has 2 nitrogen and oxygen atoms in total. The largest absolute Gasteiger partial charge is 0.461 e. The molecule has 0 N–H and O–H groups in total. The summed E-state index contributed by atoms with van der Waals surface area (Å²) in [5.74, 6) is 0.134. The van der Waals surface area contributed by atoms with Gasteiger partial charge in [-0.2, -0.15) is 0 Å². The van der Waals surface area contributed by atoms with Crippen LogP contribution in [0.5, 0.6) is 0 Å². The van der Waals surface area contributed by atoms with E-state index in [2.05, 4.69) is 0 Å². The summed E-state index contributed by atoms with van der Waals surface area (Å²) in [7, 11) is 0. The van der Waals surface area contributed by atoms with Crippen molar-refractivity contribution in [3.63, 3.8) is 0 Å². The Morgan fingerprint density at radius 1 is 1.00 bits per heavy atom. The lowest BCUT2D eigenvalue weighted by Gasteiger charge is -2.18. The zero-order valence-corrected chi connectivity index (χ0v) is 10.9. The average molecular weight is 246 g/mol. The molecule has 0 bridgehead atoms. The topological polar surface area (TPSA) is 26.3 Å². The molecule has 0 saturated heterocycles. The molecule has 0 aliphatic heterocycles. The first-order valence-corrected chi connectivity index (χ1v) is 7.07. The van der Waals surface area contributed by atoms with Crippen molar-refractivity contribution in [2.24, 2.45) is 5.92 Å². The number of hydrogen-bond acceptors (Lipinski definition) is 2. The second-order valence-electron chi connectivity index (χ2n) is 5.14. The van der Waals surface area contributed by atoms with Gasteiger partial charge in [0, 0.05) is 0 Å². The zero-order valence-electron chi connectivity index (χ0n) is 10.9. The van der Waals surface area contributed by atoms with Crippen molar-refractivity contribution in [3.8, 4) is 0 Å². The number of esters is 1. The molecule has 0 amide bonds. The molecular formula is C16H22O2. The van der Waals surface area contributed by atoms with Crippen molar-refractivity contribution < 1.29 is 9.53 Å². The molecule has 98 valence electrons. The third-order valence-electron chi connectivity index (χ3n) is 3.66. The highest BCUT2D eigenvalue weighted by Crippen LogP contribution is 2.23. The summed E-state index contributed by atoms with van der Waals surface area (Å²) in [6, 6.07) is 9.90. The standard InChI is InChI=1S/C16H22O2/c17-16(15-11-7-2-1-3-8-12-15)18-13-14-9-5-4-6-10-14/h4-6,9-10,15H,1-3,7-8,11-13H2. The molecule has 1 aliphatic rings. The van der Waals surface area contributed by atoms with Gasteiger partial charge in [0.2, 0.25) is 0 Å². The molecule has 0 heterocycles. The van der Waals surface area contributed by atoms with Gasteiger partial charge in [0.15, 0.2) is 0 Å². The van der Waals surface area contributed by atoms with Gasteiger partial charge in [-0.1, -0.05) is 62.4 Å². The van der Waals surface area contributed by atoms with E-state index in [1.165, 1.54) is 32.1 Å². The Kier molecular flexibility index (Phi) is 5.25. The summed E-state index contributed by atoms with van der Waals surface area (Å²) in [4.78, 5) is 12.0. The maximum Gasteiger partial charge on any atom is 0.309 e. The molecule has 2 rings (SSSR count). The van der Waals surface area contributed by atoms with E-state index in [0.717, 1.165) is 18.4 Å². The monoisotopic (exact) mass is 246 g/mol. The Morgan fingerprint density at radius 3 is 2.28 bits per heavy atom. The second-order valence-corrected chi connectivity index (χ2v) is 5.14. The first-order chi connectivity index (χ1) is 8.86. The summed E-state index contributed by atoms with van der Waals surface area (Å²) in [5.41, 5.74) is 1.07. The molecule has 18 heavy (non-hydrogen) atoms. The summed E-state index contributed by atoms with van der Waals surface area (Å²) in [6.07, 6.45) is 8.22. The maximum atomic E-state index is 12.0. The molecule has 1 saturated carbocycles. The van der Waals surface area contributed by atoms with Crippen molar-refractivity contribution in [1.82, 2.24) is 0 Å². The third-order valence-corrected chi connectivity index (χ3v) is 3.66. The van der Waals surface area contributed by atoms with Gasteiger partial charge in [0.25, 0.3) is 0 Å². The SMILES string of the molecule is O=C(OCc1ccccc1)C1CCCCCCC1. The van der Waals surface area contributed by atoms with E-state index in [-0.39, 0.29) is 11.9 Å². The lowest BCUT2D eigenvalue weighted by molar-refractivity contribution is -0.150. The van der Waals surface area contributed by atoms with Crippen LogP contribution in [0.3, 0.4) is 0 Å². The number of benzene rings is 1. The van der Waals surface area contributed by atoms with E-state index >= 15 is 0 Å². The third kappa shape index (κ3) is 4.17. The van der Waals surface area contributed by atoms with Gasteiger partial charge >= 0.3 is 5.97 Å². The van der Waals surface area contributed by atoms with Gasteiger partial charge in [-0.25, -0.2) is 0 Å². The minimum Gasteiger partial charge on any atom is -0.461 e. The van der Waals surface area contributed by atoms with E-state index < -0.39 is 0 Å². The first kappa shape index (κ1) is 13.1. The highest BCUT2D eigenvalue weighted by molar-refractivity contribution is 5.72. The summed E-state index contributed by atoms with van der Waals surface area (Å²) >= 11 is 0. The fourth-order valence-corrected chi connectivity index (χ4v) is 2.54. The molecule has 0 radical (unpaired) electrons. The van der Waals surface area contributed by atoms with Crippen molar-refractivity contribution in [1.29, 1.82) is 0 Å². The number of carbonyl (C=O) groups is 1. The van der Waals surface area contributed by atoms with Crippen LogP contribution in [0, 0.1) is 5.92 Å². The fraction of sp³-hybridized carbons (Fsp3) is 0.562. The number of hydrogen-bond donors (Lipinski definition) is 0. The number of carbonyl (C=O) groups excluding carboxylic acids is 1. The van der Waals surface area contributed by atoms with E-state index in [4.69, 9.17) is 4.74 Å². The molecule has 1 fully saturated rings. The predicted octanol–water partition coefficient (Wildman–Crippen LogP) is 4.09. The van der Waals surface area contributed by atoms with Gasteiger partial charge < -0.3 is 4.74 Å². The minimum atomic E-state index is 0.000697. The molecule has 2 heteroatoms. The lowest BCUT2D eigenvalue weighted by Crippen LogP contribution is -2.18. The van der Waals surface area contributed by atoms with E-state index in [1.807, 2.05) is 30.3 Å². The normalized spacial score (nSPS) is 17.8. The summed E-state index contributed by atoms with van der Waals surface area (Å²) in [6.45, 7) is 0.413. The molecule has 1 aromatic rings. The van der Waals surface area contributed by atoms with Crippen molar-refractivity contribution in [3.05, 3.63) is 35.9 Å². The Hall–Kier alpha value is -1.31. The van der Waals surface area contributed by atoms with Crippen LogP contribution in [0.15, 0.2) is 30.3 Å². The zero-order chi connectivity index (χ0) is 12.6. The number of rotatable bonds is 3. The van der Waals surface area contributed by atoms with Gasteiger partial charge in [-0.3, -0.25) is 4.79 Å². The maximum absolute atomic E-state index is 12.0. The highest BCUT2D eigenvalue weighted by atomic mass is 16.5. The van der Waals surface area contributed by atoms with E-state index in [1.54, 1.807) is 0 Å². The van der Waals surface area contributed by atoms with Crippen LogP contribution in [-0.4, -0.2) is 5.97 Å². The minimum absolute atomic E-state index is 0.000697. The van der Waals surface area contributed by atoms with Gasteiger partial charge in [0.1, 0.15) is 6.61 Å². The highest BCUT2D eigenvalue weighted by Gasteiger charge is 2.20. The fourth-order valence-electron chi connectivity index (χ4n) is 2.54. The Bertz CT molecular complexity index is 351. The van der Waals surface area contributed by atoms with Crippen LogP contribution in [0.1, 0.15) is 50.5 Å². The Balaban J connectivity index is 1.79. The van der Waals surface area contributed by atoms with E-state index in [9.17, 15) is 4.79 Å². The van der Waals surface area contributed by atoms with Crippen LogP contribution >= 0.6 is 0 Å². The second kappa shape index (κ2) is 7.20. The molecular weight excluding hydrogens is 224 g/mol. The summed E-state index contributed by atoms with van der Waals surface area (Å²) < 4.78 is 5.42. The number of ether oxygens (including phenoxy) is 1. The Morgan fingerprint density at radius 2 is 1.61 bits per heavy atom. The molecule has 0 unspecified atom stereocenters. The van der Waals surface area contributed by atoms with Crippen LogP contribution < -0.4 is 0 Å². The molecule has 1 aromatic carbocycles. The Labute approximate surface area is 109 Å². The van der Waals surface area contributed by atoms with E-state index in [0.29, 0.717) is 6.61 Å². The van der Waals surface area contributed by atoms with Crippen LogP contribution in [0.25, 0.3) is 0 Å². The molecule has 1 aliphatic carbocycles. The van der Waals surface area contributed by atoms with Gasteiger partial charge in [-0.15, -0.1) is 0 Å². The predicted molar refractivity (Wildman–Crippen MR) is 72.0 cm³/mol. The van der Waals surface area contributed by atoms with Crippen LogP contribution in [-0.2, 0) is 16.1 Å². The lowest BCUT2D eigenvalue weighted by atomic mass is 9.91. The van der Waals surface area contributed by atoms with Crippen LogP contribution in [0.4, 0.5) is 0 Å². The van der Waals surface area contributed by atoms with Crippen LogP contribution in [0.2, 0.25) is 0 Å². The quantitative estimate of drug-likeness (QED) is 0.751. The van der Waals surface area contributed by atoms with Gasteiger partial charge in [-0.05, 0) is 18.4 Å². The molecule has 0 spiro atoms. The first-order valence-electron chi connectivity index (χ1n) is 7.07. The van der Waals surface area contributed by atoms with Crippen molar-refractivity contribution in [2.75, 3.05) is 0 Å². The van der Waals surface area contributed by atoms with Crippen molar-refractivity contribution >= 4 is 5.97 Å². The molecule has 0 atom stereocenters. The summed E-state index contributed by atoms with van der Waals surface area (Å²) in [5, 5.41) is 0. The average Bonchev–Trinajstić information content (AvgIpc) is 2.37. The van der Waals surface area contributed by atoms with Gasteiger partial charge in [0.05, 0.1) is 5.92 Å². The smallest absolute Gasteiger partial charge is 0.309 e. The van der Waals surface area contributed by atoms with Crippen molar-refractivity contribution in [2.45, 2.75) is 51.6 Å². The molecule has 0 aromatic heterocycles.